The number of urea groups is 1. The summed E-state index contributed by atoms with van der Waals surface area (Å²) >= 11 is 0. The van der Waals surface area contributed by atoms with Crippen LogP contribution in [-0.4, -0.2) is 50.2 Å². The normalized spacial score (nSPS) is 16.0. The quantitative estimate of drug-likeness (QED) is 0.716. The van der Waals surface area contributed by atoms with Gasteiger partial charge in [0, 0.05) is 39.3 Å². The number of benzene rings is 2. The zero-order chi connectivity index (χ0) is 18.0. The fourth-order valence-electron chi connectivity index (χ4n) is 3.26. The van der Waals surface area contributed by atoms with E-state index in [4.69, 9.17) is 0 Å². The van der Waals surface area contributed by atoms with Crippen molar-refractivity contribution >= 4 is 6.03 Å². The lowest BCUT2D eigenvalue weighted by atomic mass is 9.99. The summed E-state index contributed by atoms with van der Waals surface area (Å²) in [6.45, 7) is 5.70. The van der Waals surface area contributed by atoms with Crippen molar-refractivity contribution in [3.05, 3.63) is 71.8 Å². The number of nitrogens with one attached hydrogen (secondary N) is 3. The zero-order valence-corrected chi connectivity index (χ0v) is 15.2. The third-order valence-electron chi connectivity index (χ3n) is 4.71. The molecule has 0 spiro atoms. The van der Waals surface area contributed by atoms with Gasteiger partial charge < -0.3 is 16.0 Å². The lowest BCUT2D eigenvalue weighted by Crippen LogP contribution is -2.47. The Hall–Kier alpha value is -2.37. The zero-order valence-electron chi connectivity index (χ0n) is 15.2. The maximum atomic E-state index is 12.4. The maximum absolute atomic E-state index is 12.4. The van der Waals surface area contributed by atoms with Gasteiger partial charge in [0.2, 0.25) is 0 Å². The molecule has 138 valence electrons. The monoisotopic (exact) mass is 352 g/mol. The summed E-state index contributed by atoms with van der Waals surface area (Å²) in [7, 11) is 0. The Labute approximate surface area is 155 Å². The average molecular weight is 352 g/mol. The standard InChI is InChI=1S/C21H28N4O/c26-21(23-13-16-25-14-11-22-12-15-25)24-20(19-9-5-2-6-10-19)17-18-7-3-1-4-8-18/h1-10,20,22H,11-17H2,(H2,23,24,26). The first-order chi connectivity index (χ1) is 12.8. The molecule has 3 rings (SSSR count). The number of amides is 2. The predicted octanol–water partition coefficient (Wildman–Crippen LogP) is 2.17. The van der Waals surface area contributed by atoms with E-state index >= 15 is 0 Å². The topological polar surface area (TPSA) is 56.4 Å². The molecule has 0 aliphatic carbocycles. The second-order valence-electron chi connectivity index (χ2n) is 6.64. The van der Waals surface area contributed by atoms with Crippen molar-refractivity contribution in [2.24, 2.45) is 0 Å². The van der Waals surface area contributed by atoms with Crippen molar-refractivity contribution in [3.8, 4) is 0 Å². The highest BCUT2D eigenvalue weighted by Crippen LogP contribution is 2.18. The Kier molecular flexibility index (Phi) is 7.05. The number of nitrogens with zero attached hydrogens (tertiary/aromatic N) is 1. The number of carbonyl (C=O) groups is 1. The Bertz CT molecular complexity index is 656. The van der Waals surface area contributed by atoms with Gasteiger partial charge in [0.1, 0.15) is 0 Å². The predicted molar refractivity (Wildman–Crippen MR) is 105 cm³/mol. The molecule has 2 aromatic rings. The van der Waals surface area contributed by atoms with Crippen LogP contribution in [-0.2, 0) is 6.42 Å². The number of piperazine rings is 1. The third-order valence-corrected chi connectivity index (χ3v) is 4.71. The summed E-state index contributed by atoms with van der Waals surface area (Å²) < 4.78 is 0. The van der Waals surface area contributed by atoms with Crippen LogP contribution >= 0.6 is 0 Å². The number of rotatable bonds is 7. The van der Waals surface area contributed by atoms with Crippen LogP contribution in [0.15, 0.2) is 60.7 Å². The summed E-state index contributed by atoms with van der Waals surface area (Å²) in [4.78, 5) is 14.8. The van der Waals surface area contributed by atoms with Crippen LogP contribution in [0.1, 0.15) is 17.2 Å². The SMILES string of the molecule is O=C(NCCN1CCNCC1)NC(Cc1ccccc1)c1ccccc1. The third kappa shape index (κ3) is 5.86. The van der Waals surface area contributed by atoms with Crippen molar-refractivity contribution in [1.82, 2.24) is 20.9 Å². The van der Waals surface area contributed by atoms with Crippen LogP contribution in [0.5, 0.6) is 0 Å². The summed E-state index contributed by atoms with van der Waals surface area (Å²) in [5, 5.41) is 9.48. The van der Waals surface area contributed by atoms with Crippen molar-refractivity contribution in [3.63, 3.8) is 0 Å². The highest BCUT2D eigenvalue weighted by Gasteiger charge is 2.15. The van der Waals surface area contributed by atoms with Crippen molar-refractivity contribution in [1.29, 1.82) is 0 Å². The first kappa shape index (κ1) is 18.4. The van der Waals surface area contributed by atoms with E-state index in [9.17, 15) is 4.79 Å². The molecular weight excluding hydrogens is 324 g/mol. The molecule has 1 unspecified atom stereocenters. The Morgan fingerprint density at radius 3 is 2.35 bits per heavy atom. The molecule has 0 aromatic heterocycles. The van der Waals surface area contributed by atoms with Gasteiger partial charge in [-0.25, -0.2) is 4.79 Å². The van der Waals surface area contributed by atoms with Crippen LogP contribution in [0, 0.1) is 0 Å². The maximum Gasteiger partial charge on any atom is 0.315 e. The second kappa shape index (κ2) is 9.94. The Morgan fingerprint density at radius 2 is 1.65 bits per heavy atom. The molecular formula is C21H28N4O. The summed E-state index contributed by atoms with van der Waals surface area (Å²) in [6, 6.07) is 20.3. The molecule has 3 N–H and O–H groups in total. The van der Waals surface area contributed by atoms with Gasteiger partial charge in [0.25, 0.3) is 0 Å². The highest BCUT2D eigenvalue weighted by molar-refractivity contribution is 5.74. The van der Waals surface area contributed by atoms with Gasteiger partial charge in [-0.05, 0) is 17.5 Å². The lowest BCUT2D eigenvalue weighted by Gasteiger charge is -2.27. The van der Waals surface area contributed by atoms with Crippen LogP contribution in [0.4, 0.5) is 4.79 Å². The minimum atomic E-state index is -0.107. The minimum Gasteiger partial charge on any atom is -0.337 e. The van der Waals surface area contributed by atoms with E-state index < -0.39 is 0 Å². The van der Waals surface area contributed by atoms with Crippen molar-refractivity contribution < 1.29 is 4.79 Å². The van der Waals surface area contributed by atoms with Gasteiger partial charge in [0.05, 0.1) is 6.04 Å². The largest absolute Gasteiger partial charge is 0.337 e. The van der Waals surface area contributed by atoms with Gasteiger partial charge in [-0.3, -0.25) is 4.90 Å². The first-order valence-electron chi connectivity index (χ1n) is 9.37. The van der Waals surface area contributed by atoms with Crippen molar-refractivity contribution in [2.75, 3.05) is 39.3 Å². The van der Waals surface area contributed by atoms with E-state index in [1.54, 1.807) is 0 Å². The number of hydrogen-bond donors (Lipinski definition) is 3. The average Bonchev–Trinajstić information content (AvgIpc) is 2.70. The van der Waals surface area contributed by atoms with E-state index in [0.29, 0.717) is 6.54 Å². The summed E-state index contributed by atoms with van der Waals surface area (Å²) in [5.74, 6) is 0. The van der Waals surface area contributed by atoms with Crippen molar-refractivity contribution in [2.45, 2.75) is 12.5 Å². The first-order valence-corrected chi connectivity index (χ1v) is 9.37. The van der Waals surface area contributed by atoms with Crippen LogP contribution in [0.2, 0.25) is 0 Å². The molecule has 1 saturated heterocycles. The van der Waals surface area contributed by atoms with Gasteiger partial charge in [0.15, 0.2) is 0 Å². The molecule has 5 nitrogen and oxygen atoms in total. The fourth-order valence-corrected chi connectivity index (χ4v) is 3.26. The van der Waals surface area contributed by atoms with E-state index in [1.807, 2.05) is 36.4 Å². The van der Waals surface area contributed by atoms with Gasteiger partial charge in [-0.2, -0.15) is 0 Å². The molecule has 2 aromatic carbocycles. The molecule has 0 bridgehead atoms. The molecule has 1 atom stereocenters. The van der Waals surface area contributed by atoms with Gasteiger partial charge in [-0.1, -0.05) is 60.7 Å². The molecule has 26 heavy (non-hydrogen) atoms. The molecule has 1 heterocycles. The summed E-state index contributed by atoms with van der Waals surface area (Å²) in [6.07, 6.45) is 0.774. The van der Waals surface area contributed by atoms with Gasteiger partial charge in [-0.15, -0.1) is 0 Å². The van der Waals surface area contributed by atoms with E-state index in [1.165, 1.54) is 5.56 Å². The summed E-state index contributed by atoms with van der Waals surface area (Å²) in [5.41, 5.74) is 2.33. The number of carbonyl (C=O) groups excluding carboxylic acids is 1. The molecule has 5 heteroatoms. The Morgan fingerprint density at radius 1 is 1.00 bits per heavy atom. The molecule has 0 saturated carbocycles. The van der Waals surface area contributed by atoms with E-state index in [0.717, 1.165) is 44.7 Å². The highest BCUT2D eigenvalue weighted by atomic mass is 16.2. The fraction of sp³-hybridized carbons (Fsp3) is 0.381. The second-order valence-corrected chi connectivity index (χ2v) is 6.64. The molecule has 2 amide bonds. The molecule has 1 fully saturated rings. The van der Waals surface area contributed by atoms with Crippen LogP contribution < -0.4 is 16.0 Å². The van der Waals surface area contributed by atoms with E-state index in [2.05, 4.69) is 45.1 Å². The van der Waals surface area contributed by atoms with E-state index in [-0.39, 0.29) is 12.1 Å². The lowest BCUT2D eigenvalue weighted by molar-refractivity contribution is 0.224. The smallest absolute Gasteiger partial charge is 0.315 e. The molecule has 1 aliphatic heterocycles. The Balaban J connectivity index is 1.53. The minimum absolute atomic E-state index is 0.0437. The molecule has 0 radical (unpaired) electrons. The number of hydrogen-bond acceptors (Lipinski definition) is 3. The molecule has 1 aliphatic rings. The van der Waals surface area contributed by atoms with Gasteiger partial charge >= 0.3 is 6.03 Å². The van der Waals surface area contributed by atoms with Crippen LogP contribution in [0.25, 0.3) is 0 Å². The van der Waals surface area contributed by atoms with Crippen LogP contribution in [0.3, 0.4) is 0 Å².